The summed E-state index contributed by atoms with van der Waals surface area (Å²) in [6.07, 6.45) is 8.44. The quantitative estimate of drug-likeness (QED) is 0.539. The van der Waals surface area contributed by atoms with E-state index in [0.29, 0.717) is 28.3 Å². The van der Waals surface area contributed by atoms with Crippen molar-refractivity contribution in [1.82, 2.24) is 9.97 Å². The Bertz CT molecular complexity index is 905. The minimum absolute atomic E-state index is 0.0391. The SMILES string of the molecule is COc1ccc(Cc2nc(SC3C=CCCC3)[nH]c(=O)c2C(C)C)cc1OC. The maximum absolute atomic E-state index is 12.8. The number of ether oxygens (including phenoxy) is 2. The van der Waals surface area contributed by atoms with E-state index in [9.17, 15) is 4.79 Å². The van der Waals surface area contributed by atoms with Gasteiger partial charge in [-0.25, -0.2) is 4.98 Å². The Morgan fingerprint density at radius 3 is 2.68 bits per heavy atom. The van der Waals surface area contributed by atoms with Crippen LogP contribution in [0.15, 0.2) is 40.3 Å². The number of aromatic nitrogens is 2. The van der Waals surface area contributed by atoms with Gasteiger partial charge in [0, 0.05) is 17.2 Å². The summed E-state index contributed by atoms with van der Waals surface area (Å²) in [4.78, 5) is 20.6. The normalized spacial score (nSPS) is 16.4. The molecule has 1 aliphatic carbocycles. The zero-order chi connectivity index (χ0) is 20.1. The first-order chi connectivity index (χ1) is 13.5. The molecule has 0 spiro atoms. The van der Waals surface area contributed by atoms with Gasteiger partial charge < -0.3 is 14.5 Å². The molecule has 1 heterocycles. The number of nitrogens with one attached hydrogen (secondary N) is 1. The van der Waals surface area contributed by atoms with Crippen LogP contribution in [-0.2, 0) is 6.42 Å². The molecule has 0 saturated heterocycles. The average Bonchev–Trinajstić information content (AvgIpc) is 2.68. The molecular weight excluding hydrogens is 372 g/mol. The minimum atomic E-state index is -0.0391. The summed E-state index contributed by atoms with van der Waals surface area (Å²) in [5, 5.41) is 1.07. The van der Waals surface area contributed by atoms with Crippen molar-refractivity contribution in [2.45, 2.75) is 55.9 Å². The van der Waals surface area contributed by atoms with Gasteiger partial charge in [0.05, 0.1) is 19.9 Å². The van der Waals surface area contributed by atoms with Gasteiger partial charge in [0.15, 0.2) is 16.7 Å². The summed E-state index contributed by atoms with van der Waals surface area (Å²) < 4.78 is 10.7. The number of hydrogen-bond donors (Lipinski definition) is 1. The van der Waals surface area contributed by atoms with Crippen molar-refractivity contribution in [3.63, 3.8) is 0 Å². The van der Waals surface area contributed by atoms with Gasteiger partial charge in [0.2, 0.25) is 0 Å². The van der Waals surface area contributed by atoms with Crippen LogP contribution in [0.4, 0.5) is 0 Å². The van der Waals surface area contributed by atoms with Crippen molar-refractivity contribution in [3.05, 3.63) is 57.5 Å². The van der Waals surface area contributed by atoms with Crippen LogP contribution in [0, 0.1) is 0 Å². The zero-order valence-electron chi connectivity index (χ0n) is 17.0. The van der Waals surface area contributed by atoms with Gasteiger partial charge in [-0.15, -0.1) is 0 Å². The van der Waals surface area contributed by atoms with Gasteiger partial charge in [-0.2, -0.15) is 0 Å². The Kier molecular flexibility index (Phi) is 6.83. The molecule has 0 bridgehead atoms. The van der Waals surface area contributed by atoms with Crippen LogP contribution in [-0.4, -0.2) is 29.4 Å². The number of aromatic amines is 1. The number of hydrogen-bond acceptors (Lipinski definition) is 5. The Morgan fingerprint density at radius 1 is 1.25 bits per heavy atom. The molecule has 0 aliphatic heterocycles. The Labute approximate surface area is 170 Å². The van der Waals surface area contributed by atoms with Gasteiger partial charge in [-0.1, -0.05) is 43.8 Å². The van der Waals surface area contributed by atoms with Crippen molar-refractivity contribution < 1.29 is 9.47 Å². The van der Waals surface area contributed by atoms with E-state index in [1.54, 1.807) is 26.0 Å². The molecule has 0 amide bonds. The molecule has 1 atom stereocenters. The van der Waals surface area contributed by atoms with Crippen molar-refractivity contribution in [2.75, 3.05) is 14.2 Å². The van der Waals surface area contributed by atoms with Crippen LogP contribution in [0.25, 0.3) is 0 Å². The Morgan fingerprint density at radius 2 is 2.04 bits per heavy atom. The third kappa shape index (κ3) is 4.79. The van der Waals surface area contributed by atoms with E-state index in [0.717, 1.165) is 29.7 Å². The van der Waals surface area contributed by atoms with Crippen LogP contribution in [0.1, 0.15) is 55.8 Å². The highest BCUT2D eigenvalue weighted by Gasteiger charge is 2.18. The Hall–Kier alpha value is -2.21. The number of thioether (sulfide) groups is 1. The lowest BCUT2D eigenvalue weighted by Crippen LogP contribution is -2.21. The zero-order valence-corrected chi connectivity index (χ0v) is 17.8. The standard InChI is InChI=1S/C22H28N2O3S/c1-14(2)20-17(12-15-10-11-18(26-3)19(13-15)27-4)23-22(24-21(20)25)28-16-8-6-5-7-9-16/h6,8,10-11,13-14,16H,5,7,9,12H2,1-4H3,(H,23,24,25). The number of benzene rings is 1. The predicted octanol–water partition coefficient (Wildman–Crippen LogP) is 4.70. The summed E-state index contributed by atoms with van der Waals surface area (Å²) in [5.41, 5.74) is 2.57. The fourth-order valence-electron chi connectivity index (χ4n) is 3.50. The lowest BCUT2D eigenvalue weighted by molar-refractivity contribution is 0.354. The molecule has 28 heavy (non-hydrogen) atoms. The fraction of sp³-hybridized carbons (Fsp3) is 0.455. The van der Waals surface area contributed by atoms with Gasteiger partial charge in [0.1, 0.15) is 0 Å². The molecular formula is C22H28N2O3S. The highest BCUT2D eigenvalue weighted by atomic mass is 32.2. The summed E-state index contributed by atoms with van der Waals surface area (Å²) >= 11 is 1.64. The second kappa shape index (κ2) is 9.32. The molecule has 0 saturated carbocycles. The molecule has 6 heteroatoms. The summed E-state index contributed by atoms with van der Waals surface area (Å²) in [7, 11) is 3.25. The monoisotopic (exact) mass is 400 g/mol. The second-order valence-electron chi connectivity index (χ2n) is 7.27. The Balaban J connectivity index is 1.94. The topological polar surface area (TPSA) is 64.2 Å². The van der Waals surface area contributed by atoms with Gasteiger partial charge in [0.25, 0.3) is 5.56 Å². The van der Waals surface area contributed by atoms with E-state index >= 15 is 0 Å². The van der Waals surface area contributed by atoms with Crippen LogP contribution < -0.4 is 15.0 Å². The highest BCUT2D eigenvalue weighted by Crippen LogP contribution is 2.31. The molecule has 1 unspecified atom stereocenters. The smallest absolute Gasteiger partial charge is 0.255 e. The second-order valence-corrected chi connectivity index (χ2v) is 8.50. The molecule has 0 radical (unpaired) electrons. The van der Waals surface area contributed by atoms with Crippen LogP contribution in [0.2, 0.25) is 0 Å². The minimum Gasteiger partial charge on any atom is -0.493 e. The van der Waals surface area contributed by atoms with E-state index in [-0.39, 0.29) is 11.5 Å². The van der Waals surface area contributed by atoms with E-state index in [4.69, 9.17) is 14.5 Å². The third-order valence-corrected chi connectivity index (χ3v) is 5.99. The fourth-order valence-corrected chi connectivity index (χ4v) is 4.57. The maximum Gasteiger partial charge on any atom is 0.255 e. The number of H-pyrrole nitrogens is 1. The van der Waals surface area contributed by atoms with Crippen molar-refractivity contribution in [2.24, 2.45) is 0 Å². The first-order valence-electron chi connectivity index (χ1n) is 9.69. The van der Waals surface area contributed by atoms with Gasteiger partial charge in [-0.3, -0.25) is 4.79 Å². The van der Waals surface area contributed by atoms with E-state index < -0.39 is 0 Å². The molecule has 3 rings (SSSR count). The van der Waals surface area contributed by atoms with Crippen molar-refractivity contribution in [3.8, 4) is 11.5 Å². The number of rotatable bonds is 7. The van der Waals surface area contributed by atoms with E-state index in [1.807, 2.05) is 32.0 Å². The molecule has 150 valence electrons. The molecule has 1 aromatic heterocycles. The van der Waals surface area contributed by atoms with Crippen LogP contribution in [0.3, 0.4) is 0 Å². The lowest BCUT2D eigenvalue weighted by Gasteiger charge is -2.17. The first-order valence-corrected chi connectivity index (χ1v) is 10.6. The molecule has 5 nitrogen and oxygen atoms in total. The molecule has 1 aliphatic rings. The molecule has 1 aromatic carbocycles. The van der Waals surface area contributed by atoms with E-state index in [1.165, 1.54) is 6.42 Å². The summed E-state index contributed by atoms with van der Waals surface area (Å²) in [6, 6.07) is 5.83. The summed E-state index contributed by atoms with van der Waals surface area (Å²) in [6.45, 7) is 4.06. The summed E-state index contributed by atoms with van der Waals surface area (Å²) in [5.74, 6) is 1.47. The highest BCUT2D eigenvalue weighted by molar-refractivity contribution is 7.99. The first kappa shape index (κ1) is 20.5. The van der Waals surface area contributed by atoms with Crippen molar-refractivity contribution in [1.29, 1.82) is 0 Å². The molecule has 0 fully saturated rings. The van der Waals surface area contributed by atoms with Gasteiger partial charge >= 0.3 is 0 Å². The molecule has 1 N–H and O–H groups in total. The van der Waals surface area contributed by atoms with Crippen molar-refractivity contribution >= 4 is 11.8 Å². The predicted molar refractivity (Wildman–Crippen MR) is 114 cm³/mol. The van der Waals surface area contributed by atoms with Crippen LogP contribution in [0.5, 0.6) is 11.5 Å². The number of methoxy groups -OCH3 is 2. The molecule has 2 aromatic rings. The van der Waals surface area contributed by atoms with E-state index in [2.05, 4.69) is 17.1 Å². The van der Waals surface area contributed by atoms with Crippen LogP contribution >= 0.6 is 11.8 Å². The number of allylic oxidation sites excluding steroid dienone is 1. The maximum atomic E-state index is 12.8. The lowest BCUT2D eigenvalue weighted by atomic mass is 9.98. The largest absolute Gasteiger partial charge is 0.493 e. The average molecular weight is 401 g/mol. The van der Waals surface area contributed by atoms with Gasteiger partial charge in [-0.05, 0) is 42.9 Å². The number of nitrogens with zero attached hydrogens (tertiary/aromatic N) is 1. The third-order valence-electron chi connectivity index (χ3n) is 4.88.